The minimum Gasteiger partial charge on any atom is -0.477 e. The van der Waals surface area contributed by atoms with Crippen molar-refractivity contribution in [1.29, 1.82) is 0 Å². The van der Waals surface area contributed by atoms with Crippen LogP contribution in [0, 0.1) is 23.3 Å². The molecule has 148 valence electrons. The fourth-order valence-electron chi connectivity index (χ4n) is 2.23. The van der Waals surface area contributed by atoms with E-state index in [0.29, 0.717) is 17.1 Å². The Hall–Kier alpha value is -3.75. The van der Waals surface area contributed by atoms with Crippen LogP contribution >= 0.6 is 0 Å². The molecular weight excluding hydrogens is 390 g/mol. The summed E-state index contributed by atoms with van der Waals surface area (Å²) in [5.74, 6) is -8.77. The highest BCUT2D eigenvalue weighted by atomic mass is 19.2. The summed E-state index contributed by atoms with van der Waals surface area (Å²) in [6.45, 7) is -0.855. The van der Waals surface area contributed by atoms with Gasteiger partial charge in [0.15, 0.2) is 24.0 Å². The number of anilines is 1. The monoisotopic (exact) mass is 403 g/mol. The van der Waals surface area contributed by atoms with Crippen molar-refractivity contribution in [2.75, 3.05) is 11.9 Å². The number of amides is 1. The molecule has 0 aliphatic heterocycles. The average molecular weight is 403 g/mol. The Kier molecular flexibility index (Phi) is 6.18. The number of halogens is 4. The number of nitrogens with zero attached hydrogens (tertiary/aromatic N) is 2. The van der Waals surface area contributed by atoms with Crippen molar-refractivity contribution in [3.05, 3.63) is 83.9 Å². The van der Waals surface area contributed by atoms with Crippen LogP contribution in [-0.2, 0) is 4.79 Å². The first-order valence-electron chi connectivity index (χ1n) is 8.26. The number of hydrogen-bond donors (Lipinski definition) is 1. The zero-order valence-corrected chi connectivity index (χ0v) is 14.7. The number of ether oxygens (including phenoxy) is 1. The molecule has 0 saturated carbocycles. The van der Waals surface area contributed by atoms with Gasteiger partial charge >= 0.3 is 0 Å². The molecule has 0 aromatic heterocycles. The third-order valence-electron chi connectivity index (χ3n) is 3.61. The van der Waals surface area contributed by atoms with Gasteiger partial charge in [-0.25, -0.2) is 8.78 Å². The molecule has 0 heterocycles. The number of nitrogens with one attached hydrogen (secondary N) is 1. The molecule has 0 radical (unpaired) electrons. The van der Waals surface area contributed by atoms with Gasteiger partial charge in [0, 0.05) is 11.8 Å². The SMILES string of the molecule is O=C(COc1c(F)c(F)cc(F)c1F)Nc1ccc(N=Nc2ccccc2)cc1. The molecule has 0 unspecified atom stereocenters. The fourth-order valence-corrected chi connectivity index (χ4v) is 2.23. The van der Waals surface area contributed by atoms with Gasteiger partial charge in [0.2, 0.25) is 11.6 Å². The lowest BCUT2D eigenvalue weighted by molar-refractivity contribution is -0.118. The Morgan fingerprint density at radius 1 is 0.828 bits per heavy atom. The van der Waals surface area contributed by atoms with E-state index in [4.69, 9.17) is 0 Å². The molecular formula is C20H13F4N3O2. The van der Waals surface area contributed by atoms with E-state index in [2.05, 4.69) is 20.3 Å². The highest BCUT2D eigenvalue weighted by molar-refractivity contribution is 5.92. The van der Waals surface area contributed by atoms with Crippen molar-refractivity contribution in [2.45, 2.75) is 0 Å². The Bertz CT molecular complexity index is 1020. The molecule has 0 aliphatic rings. The minimum absolute atomic E-state index is 0.0499. The topological polar surface area (TPSA) is 63.0 Å². The molecule has 1 amide bonds. The Labute approximate surface area is 162 Å². The summed E-state index contributed by atoms with van der Waals surface area (Å²) in [6.07, 6.45) is 0. The van der Waals surface area contributed by atoms with E-state index in [1.807, 2.05) is 18.2 Å². The second-order valence-corrected chi connectivity index (χ2v) is 5.72. The van der Waals surface area contributed by atoms with Gasteiger partial charge in [0.1, 0.15) is 0 Å². The van der Waals surface area contributed by atoms with Crippen LogP contribution < -0.4 is 10.1 Å². The first-order chi connectivity index (χ1) is 13.9. The minimum atomic E-state index is -1.72. The smallest absolute Gasteiger partial charge is 0.262 e. The van der Waals surface area contributed by atoms with Gasteiger partial charge < -0.3 is 10.1 Å². The molecule has 0 spiro atoms. The number of benzene rings is 3. The zero-order valence-electron chi connectivity index (χ0n) is 14.7. The lowest BCUT2D eigenvalue weighted by Gasteiger charge is -2.10. The van der Waals surface area contributed by atoms with Crippen LogP contribution in [0.25, 0.3) is 0 Å². The van der Waals surface area contributed by atoms with Crippen molar-refractivity contribution in [3.8, 4) is 5.75 Å². The standard InChI is InChI=1S/C20H13F4N3O2/c21-15-10-16(22)19(24)20(18(15)23)29-11-17(28)25-12-6-8-14(9-7-12)27-26-13-4-2-1-3-5-13/h1-10H,11H2,(H,25,28). The van der Waals surface area contributed by atoms with Crippen LogP contribution in [0.2, 0.25) is 0 Å². The summed E-state index contributed by atoms with van der Waals surface area (Å²) in [5.41, 5.74) is 1.56. The maximum absolute atomic E-state index is 13.5. The van der Waals surface area contributed by atoms with E-state index >= 15 is 0 Å². The predicted molar refractivity (Wildman–Crippen MR) is 97.5 cm³/mol. The lowest BCUT2D eigenvalue weighted by Crippen LogP contribution is -2.21. The molecule has 1 N–H and O–H groups in total. The summed E-state index contributed by atoms with van der Waals surface area (Å²) in [4.78, 5) is 11.9. The van der Waals surface area contributed by atoms with Gasteiger partial charge in [0.05, 0.1) is 11.4 Å². The highest BCUT2D eigenvalue weighted by Crippen LogP contribution is 2.26. The number of rotatable bonds is 6. The van der Waals surface area contributed by atoms with Crippen LogP contribution in [0.5, 0.6) is 5.75 Å². The first kappa shape index (κ1) is 20.0. The number of azo groups is 1. The fraction of sp³-hybridized carbons (Fsp3) is 0.0500. The molecule has 0 aliphatic carbocycles. The van der Waals surface area contributed by atoms with Crippen molar-refractivity contribution < 1.29 is 27.1 Å². The van der Waals surface area contributed by atoms with Gasteiger partial charge in [-0.3, -0.25) is 4.79 Å². The van der Waals surface area contributed by atoms with Crippen molar-refractivity contribution >= 4 is 23.0 Å². The van der Waals surface area contributed by atoms with Gasteiger partial charge in [0.25, 0.3) is 5.91 Å². The summed E-state index contributed by atoms with van der Waals surface area (Å²) in [5, 5.41) is 10.5. The normalized spacial score (nSPS) is 10.9. The Morgan fingerprint density at radius 3 is 1.97 bits per heavy atom. The third kappa shape index (κ3) is 5.16. The number of carbonyl (C=O) groups excluding carboxylic acids is 1. The van der Waals surface area contributed by atoms with E-state index in [1.165, 1.54) is 12.1 Å². The number of carbonyl (C=O) groups is 1. The summed E-state index contributed by atoms with van der Waals surface area (Å²) < 4.78 is 57.8. The van der Waals surface area contributed by atoms with Crippen LogP contribution in [0.15, 0.2) is 70.9 Å². The molecule has 0 atom stereocenters. The van der Waals surface area contributed by atoms with E-state index in [-0.39, 0.29) is 6.07 Å². The molecule has 0 saturated heterocycles. The molecule has 9 heteroatoms. The second-order valence-electron chi connectivity index (χ2n) is 5.72. The summed E-state index contributed by atoms with van der Waals surface area (Å²) >= 11 is 0. The van der Waals surface area contributed by atoms with Gasteiger partial charge in [-0.15, -0.1) is 0 Å². The molecule has 3 aromatic carbocycles. The Morgan fingerprint density at radius 2 is 1.38 bits per heavy atom. The Balaban J connectivity index is 1.58. The maximum atomic E-state index is 13.5. The van der Waals surface area contributed by atoms with E-state index in [1.54, 1.807) is 24.3 Å². The van der Waals surface area contributed by atoms with E-state index in [0.717, 1.165) is 0 Å². The average Bonchev–Trinajstić information content (AvgIpc) is 2.72. The van der Waals surface area contributed by atoms with Crippen molar-refractivity contribution in [2.24, 2.45) is 10.2 Å². The van der Waals surface area contributed by atoms with Gasteiger partial charge in [-0.05, 0) is 36.4 Å². The largest absolute Gasteiger partial charge is 0.477 e. The van der Waals surface area contributed by atoms with Gasteiger partial charge in [-0.1, -0.05) is 18.2 Å². The first-order valence-corrected chi connectivity index (χ1v) is 8.26. The maximum Gasteiger partial charge on any atom is 0.262 e. The summed E-state index contributed by atoms with van der Waals surface area (Å²) in [7, 11) is 0. The molecule has 3 rings (SSSR count). The molecule has 29 heavy (non-hydrogen) atoms. The highest BCUT2D eigenvalue weighted by Gasteiger charge is 2.21. The molecule has 0 bridgehead atoms. The predicted octanol–water partition coefficient (Wildman–Crippen LogP) is 5.68. The second kappa shape index (κ2) is 8.96. The quantitative estimate of drug-likeness (QED) is 0.327. The summed E-state index contributed by atoms with van der Waals surface area (Å²) in [6, 6.07) is 15.4. The van der Waals surface area contributed by atoms with E-state index < -0.39 is 41.5 Å². The molecule has 3 aromatic rings. The zero-order chi connectivity index (χ0) is 20.8. The lowest BCUT2D eigenvalue weighted by atomic mass is 10.3. The van der Waals surface area contributed by atoms with Crippen LogP contribution in [0.1, 0.15) is 0 Å². The molecule has 0 fully saturated rings. The van der Waals surface area contributed by atoms with Crippen LogP contribution in [0.3, 0.4) is 0 Å². The van der Waals surface area contributed by atoms with Crippen molar-refractivity contribution in [3.63, 3.8) is 0 Å². The van der Waals surface area contributed by atoms with Gasteiger partial charge in [-0.2, -0.15) is 19.0 Å². The third-order valence-corrected chi connectivity index (χ3v) is 3.61. The van der Waals surface area contributed by atoms with E-state index in [9.17, 15) is 22.4 Å². The van der Waals surface area contributed by atoms with Crippen LogP contribution in [0.4, 0.5) is 34.6 Å². The molecule has 5 nitrogen and oxygen atoms in total. The number of hydrogen-bond acceptors (Lipinski definition) is 4. The van der Waals surface area contributed by atoms with Crippen molar-refractivity contribution in [1.82, 2.24) is 0 Å². The van der Waals surface area contributed by atoms with Crippen LogP contribution in [-0.4, -0.2) is 12.5 Å².